The minimum absolute atomic E-state index is 0.00180. The van der Waals surface area contributed by atoms with Crippen molar-refractivity contribution in [2.24, 2.45) is 0 Å². The van der Waals surface area contributed by atoms with Crippen LogP contribution in [-0.4, -0.2) is 27.7 Å². The number of carboxylic acids is 1. The Labute approximate surface area is 104 Å². The van der Waals surface area contributed by atoms with E-state index >= 15 is 0 Å². The summed E-state index contributed by atoms with van der Waals surface area (Å²) in [6.07, 6.45) is -0.203. The number of aliphatic carboxylic acids is 1. The monoisotopic (exact) mass is 250 g/mol. The van der Waals surface area contributed by atoms with Crippen molar-refractivity contribution >= 4 is 17.5 Å². The van der Waals surface area contributed by atoms with Crippen molar-refractivity contribution in [2.45, 2.75) is 25.7 Å². The predicted molar refractivity (Wildman–Crippen MR) is 63.5 cm³/mol. The minimum Gasteiger partial charge on any atom is -0.508 e. The van der Waals surface area contributed by atoms with E-state index in [-0.39, 0.29) is 43.0 Å². The molecule has 0 radical (unpaired) electrons. The maximum Gasteiger partial charge on any atom is 0.303 e. The van der Waals surface area contributed by atoms with E-state index in [0.717, 1.165) is 0 Å². The molecule has 0 aliphatic rings. The molecule has 1 aromatic carbocycles. The van der Waals surface area contributed by atoms with E-state index in [0.29, 0.717) is 5.56 Å². The van der Waals surface area contributed by atoms with Crippen LogP contribution in [0.5, 0.6) is 5.75 Å². The fourth-order valence-electron chi connectivity index (χ4n) is 1.45. The van der Waals surface area contributed by atoms with Crippen molar-refractivity contribution in [2.75, 3.05) is 0 Å². The molecule has 0 fully saturated rings. The Balaban J connectivity index is 2.42. The number of benzene rings is 1. The number of carbonyl (C=O) groups is 3. The first-order chi connectivity index (χ1) is 8.49. The molecule has 5 heteroatoms. The van der Waals surface area contributed by atoms with Crippen molar-refractivity contribution in [1.82, 2.24) is 0 Å². The SMILES string of the molecule is O=C(O)CCC(=O)CCC(=O)c1cccc(O)c1. The second-order valence-electron chi connectivity index (χ2n) is 3.91. The lowest BCUT2D eigenvalue weighted by Gasteiger charge is -2.01. The van der Waals surface area contributed by atoms with Gasteiger partial charge in [0.25, 0.3) is 0 Å². The van der Waals surface area contributed by atoms with Gasteiger partial charge in [0.1, 0.15) is 11.5 Å². The molecule has 0 aliphatic carbocycles. The molecule has 0 saturated heterocycles. The van der Waals surface area contributed by atoms with Gasteiger partial charge in [0, 0.05) is 24.8 Å². The number of ketones is 2. The third kappa shape index (κ3) is 4.78. The average Bonchev–Trinajstić information content (AvgIpc) is 2.33. The van der Waals surface area contributed by atoms with Crippen LogP contribution < -0.4 is 0 Å². The van der Waals surface area contributed by atoms with Gasteiger partial charge in [-0.15, -0.1) is 0 Å². The standard InChI is InChI=1S/C13H14O5/c14-10(5-7-13(17)18)4-6-12(16)9-2-1-3-11(15)8-9/h1-3,8,15H,4-7H2,(H,17,18). The largest absolute Gasteiger partial charge is 0.508 e. The quantitative estimate of drug-likeness (QED) is 0.720. The molecule has 0 unspecified atom stereocenters. The molecule has 1 rings (SSSR count). The highest BCUT2D eigenvalue weighted by Gasteiger charge is 2.11. The molecule has 0 aromatic heterocycles. The maximum absolute atomic E-state index is 11.7. The topological polar surface area (TPSA) is 91.7 Å². The van der Waals surface area contributed by atoms with Crippen molar-refractivity contribution in [3.63, 3.8) is 0 Å². The molecule has 0 spiro atoms. The Bertz CT molecular complexity index is 464. The van der Waals surface area contributed by atoms with E-state index < -0.39 is 5.97 Å². The first-order valence-corrected chi connectivity index (χ1v) is 5.55. The lowest BCUT2D eigenvalue weighted by atomic mass is 10.0. The van der Waals surface area contributed by atoms with Crippen LogP contribution >= 0.6 is 0 Å². The zero-order valence-electron chi connectivity index (χ0n) is 9.76. The van der Waals surface area contributed by atoms with Gasteiger partial charge in [-0.25, -0.2) is 0 Å². The van der Waals surface area contributed by atoms with E-state index in [1.165, 1.54) is 12.1 Å². The Kier molecular flexibility index (Phi) is 5.05. The first-order valence-electron chi connectivity index (χ1n) is 5.55. The molecular weight excluding hydrogens is 236 g/mol. The van der Waals surface area contributed by atoms with Crippen LogP contribution in [0, 0.1) is 0 Å². The van der Waals surface area contributed by atoms with E-state index in [9.17, 15) is 19.5 Å². The molecule has 1 aromatic rings. The third-order valence-corrected chi connectivity index (χ3v) is 2.42. The number of phenols is 1. The van der Waals surface area contributed by atoms with Crippen molar-refractivity contribution in [1.29, 1.82) is 0 Å². The molecular formula is C13H14O5. The number of rotatable bonds is 7. The second kappa shape index (κ2) is 6.54. The van der Waals surface area contributed by atoms with Crippen molar-refractivity contribution in [3.8, 4) is 5.75 Å². The number of phenolic OH excluding ortho intramolecular Hbond substituents is 1. The number of carbonyl (C=O) groups excluding carboxylic acids is 2. The summed E-state index contributed by atoms with van der Waals surface area (Å²) in [5.41, 5.74) is 0.348. The normalized spacial score (nSPS) is 10.0. The summed E-state index contributed by atoms with van der Waals surface area (Å²) < 4.78 is 0. The number of hydrogen-bond donors (Lipinski definition) is 2. The highest BCUT2D eigenvalue weighted by molar-refractivity contribution is 5.98. The molecule has 2 N–H and O–H groups in total. The van der Waals surface area contributed by atoms with Gasteiger partial charge < -0.3 is 10.2 Å². The van der Waals surface area contributed by atoms with E-state index in [1.54, 1.807) is 12.1 Å². The number of hydrogen-bond acceptors (Lipinski definition) is 4. The number of carboxylic acid groups (broad SMARTS) is 1. The lowest BCUT2D eigenvalue weighted by Crippen LogP contribution is -2.06. The van der Waals surface area contributed by atoms with E-state index in [2.05, 4.69) is 0 Å². The Morgan fingerprint density at radius 2 is 1.67 bits per heavy atom. The minimum atomic E-state index is -1.03. The number of Topliss-reactive ketones (excluding diaryl/α,β-unsaturated/α-hetero) is 2. The average molecular weight is 250 g/mol. The summed E-state index contributed by atoms with van der Waals surface area (Å²) in [6, 6.07) is 5.90. The fourth-order valence-corrected chi connectivity index (χ4v) is 1.45. The smallest absolute Gasteiger partial charge is 0.303 e. The molecule has 0 heterocycles. The Morgan fingerprint density at radius 1 is 1.00 bits per heavy atom. The van der Waals surface area contributed by atoms with Gasteiger partial charge in [0.05, 0.1) is 6.42 Å². The van der Waals surface area contributed by atoms with Crippen LogP contribution in [0.1, 0.15) is 36.0 Å². The molecule has 0 saturated carbocycles. The molecule has 0 aliphatic heterocycles. The molecule has 5 nitrogen and oxygen atoms in total. The van der Waals surface area contributed by atoms with E-state index in [1.807, 2.05) is 0 Å². The summed E-state index contributed by atoms with van der Waals surface area (Å²) in [5.74, 6) is -1.51. The maximum atomic E-state index is 11.7. The zero-order valence-corrected chi connectivity index (χ0v) is 9.76. The van der Waals surface area contributed by atoms with Crippen LogP contribution in [0.4, 0.5) is 0 Å². The second-order valence-corrected chi connectivity index (χ2v) is 3.91. The van der Waals surface area contributed by atoms with Crippen LogP contribution in [0.25, 0.3) is 0 Å². The predicted octanol–water partition coefficient (Wildman–Crippen LogP) is 1.79. The van der Waals surface area contributed by atoms with Crippen LogP contribution in [0.15, 0.2) is 24.3 Å². The molecule has 18 heavy (non-hydrogen) atoms. The van der Waals surface area contributed by atoms with Gasteiger partial charge in [0.15, 0.2) is 5.78 Å². The van der Waals surface area contributed by atoms with E-state index in [4.69, 9.17) is 5.11 Å². The number of aromatic hydroxyl groups is 1. The molecule has 0 amide bonds. The fraction of sp³-hybridized carbons (Fsp3) is 0.308. The molecule has 0 atom stereocenters. The van der Waals surface area contributed by atoms with Crippen LogP contribution in [0.3, 0.4) is 0 Å². The highest BCUT2D eigenvalue weighted by atomic mass is 16.4. The lowest BCUT2D eigenvalue weighted by molar-refractivity contribution is -0.138. The van der Waals surface area contributed by atoms with Gasteiger partial charge in [-0.1, -0.05) is 12.1 Å². The summed E-state index contributed by atoms with van der Waals surface area (Å²) in [4.78, 5) is 33.2. The molecule has 96 valence electrons. The van der Waals surface area contributed by atoms with Crippen LogP contribution in [0.2, 0.25) is 0 Å². The first kappa shape index (κ1) is 13.9. The summed E-state index contributed by atoms with van der Waals surface area (Å²) >= 11 is 0. The van der Waals surface area contributed by atoms with Gasteiger partial charge >= 0.3 is 5.97 Å². The van der Waals surface area contributed by atoms with Crippen molar-refractivity contribution < 1.29 is 24.6 Å². The third-order valence-electron chi connectivity index (χ3n) is 2.42. The van der Waals surface area contributed by atoms with Crippen molar-refractivity contribution in [3.05, 3.63) is 29.8 Å². The zero-order chi connectivity index (χ0) is 13.5. The Morgan fingerprint density at radius 3 is 2.28 bits per heavy atom. The van der Waals surface area contributed by atoms with Gasteiger partial charge in [0.2, 0.25) is 0 Å². The highest BCUT2D eigenvalue weighted by Crippen LogP contribution is 2.13. The van der Waals surface area contributed by atoms with Crippen LogP contribution in [-0.2, 0) is 9.59 Å². The van der Waals surface area contributed by atoms with Gasteiger partial charge in [-0.05, 0) is 12.1 Å². The van der Waals surface area contributed by atoms with Gasteiger partial charge in [-0.2, -0.15) is 0 Å². The Hall–Kier alpha value is -2.17. The summed E-state index contributed by atoms with van der Waals surface area (Å²) in [7, 11) is 0. The summed E-state index contributed by atoms with van der Waals surface area (Å²) in [6.45, 7) is 0. The molecule has 0 bridgehead atoms. The van der Waals surface area contributed by atoms with Gasteiger partial charge in [-0.3, -0.25) is 14.4 Å². The summed E-state index contributed by atoms with van der Waals surface area (Å²) in [5, 5.41) is 17.6.